The topological polar surface area (TPSA) is 115 Å². The molecule has 0 aliphatic heterocycles. The predicted molar refractivity (Wildman–Crippen MR) is 188 cm³/mol. The minimum Gasteiger partial charge on any atom is -0.424 e. The van der Waals surface area contributed by atoms with E-state index < -0.39 is 44.7 Å². The van der Waals surface area contributed by atoms with Crippen LogP contribution in [0.5, 0.6) is 0 Å². The van der Waals surface area contributed by atoms with Gasteiger partial charge in [0.15, 0.2) is 9.84 Å². The van der Waals surface area contributed by atoms with Gasteiger partial charge in [0.2, 0.25) is 22.4 Å². The van der Waals surface area contributed by atoms with E-state index in [2.05, 4.69) is 27.4 Å². The van der Waals surface area contributed by atoms with E-state index in [1.165, 1.54) is 38.2 Å². The third-order valence-corrected chi connectivity index (χ3v) is 12.5. The van der Waals surface area contributed by atoms with Gasteiger partial charge in [-0.15, -0.1) is 21.5 Å². The van der Waals surface area contributed by atoms with Gasteiger partial charge >= 0.3 is 6.18 Å². The normalized spacial score (nSPS) is 13.5. The van der Waals surface area contributed by atoms with Gasteiger partial charge in [-0.1, -0.05) is 114 Å². The third kappa shape index (κ3) is 10.6. The van der Waals surface area contributed by atoms with Crippen LogP contribution in [0, 0.1) is 12.7 Å². The summed E-state index contributed by atoms with van der Waals surface area (Å²) < 4.78 is 87.4. The smallest absolute Gasteiger partial charge is 0.390 e. The Hall–Kier alpha value is -3.39. The highest BCUT2D eigenvalue weighted by atomic mass is 32.2. The second-order valence-corrected chi connectivity index (χ2v) is 16.1. The third-order valence-electron chi connectivity index (χ3n) is 8.81. The molecule has 0 fully saturated rings. The molecule has 1 atom stereocenters. The summed E-state index contributed by atoms with van der Waals surface area (Å²) in [6.45, 7) is 3.39. The number of unbranched alkanes of at least 4 members (excludes halogenated alkanes) is 11. The van der Waals surface area contributed by atoms with Gasteiger partial charge in [0.05, 0.1) is 28.9 Å². The van der Waals surface area contributed by atoms with Gasteiger partial charge < -0.3 is 9.73 Å². The number of thiazole rings is 1. The molecule has 1 unspecified atom stereocenters. The van der Waals surface area contributed by atoms with Crippen LogP contribution >= 0.6 is 11.3 Å². The standard InChI is InChI=1S/C36H46F4N4O4S2/c1-3-4-5-6-7-8-9-10-11-12-13-17-20-35(50(46,47)22-21-36(38,39)40,33(45)41-25-32-44-43-26(2)48-32)34-42-30-24-29(37)28(23-31(30)49-34)27-18-15-14-16-19-27/h14-16,18-19,23-24H,3-13,17,20-22,25H2,1-2H3,(H,41,45). The van der Waals surface area contributed by atoms with Gasteiger partial charge in [0.1, 0.15) is 10.8 Å². The van der Waals surface area contributed by atoms with Crippen molar-refractivity contribution in [2.75, 3.05) is 5.75 Å². The van der Waals surface area contributed by atoms with Crippen molar-refractivity contribution in [3.05, 3.63) is 65.1 Å². The van der Waals surface area contributed by atoms with Crippen molar-refractivity contribution in [2.24, 2.45) is 0 Å². The molecule has 0 radical (unpaired) electrons. The Morgan fingerprint density at radius 2 is 1.50 bits per heavy atom. The Kier molecular flexibility index (Phi) is 14.3. The highest BCUT2D eigenvalue weighted by molar-refractivity contribution is 7.93. The maximum absolute atomic E-state index is 15.4. The number of benzene rings is 2. The fraction of sp³-hybridized carbons (Fsp3) is 0.556. The number of carbonyl (C=O) groups is 1. The van der Waals surface area contributed by atoms with Gasteiger partial charge in [-0.05, 0) is 18.1 Å². The zero-order valence-electron chi connectivity index (χ0n) is 28.7. The minimum atomic E-state index is -4.85. The second kappa shape index (κ2) is 18.2. The molecule has 0 aliphatic rings. The molecule has 14 heteroatoms. The molecule has 274 valence electrons. The highest BCUT2D eigenvalue weighted by Crippen LogP contribution is 2.43. The molecule has 2 aromatic carbocycles. The quantitative estimate of drug-likeness (QED) is 0.0669. The van der Waals surface area contributed by atoms with Crippen molar-refractivity contribution in [1.82, 2.24) is 20.5 Å². The average Bonchev–Trinajstić information content (AvgIpc) is 3.69. The molecule has 2 aromatic heterocycles. The molecule has 0 spiro atoms. The number of rotatable bonds is 21. The lowest BCUT2D eigenvalue weighted by Gasteiger charge is -2.30. The first-order chi connectivity index (χ1) is 23.9. The first-order valence-electron chi connectivity index (χ1n) is 17.4. The van der Waals surface area contributed by atoms with E-state index in [0.29, 0.717) is 16.7 Å². The van der Waals surface area contributed by atoms with Gasteiger partial charge in [0.25, 0.3) is 0 Å². The number of sulfone groups is 1. The summed E-state index contributed by atoms with van der Waals surface area (Å²) in [6, 6.07) is 11.4. The average molecular weight is 739 g/mol. The van der Waals surface area contributed by atoms with Crippen molar-refractivity contribution < 1.29 is 35.2 Å². The molecule has 8 nitrogen and oxygen atoms in total. The van der Waals surface area contributed by atoms with E-state index in [1.807, 2.05) is 0 Å². The molecule has 4 rings (SSSR count). The Balaban J connectivity index is 1.64. The monoisotopic (exact) mass is 738 g/mol. The molecule has 0 saturated heterocycles. The lowest BCUT2D eigenvalue weighted by Crippen LogP contribution is -2.51. The molecule has 0 saturated carbocycles. The maximum Gasteiger partial charge on any atom is 0.390 e. The van der Waals surface area contributed by atoms with Crippen LogP contribution in [0.1, 0.15) is 114 Å². The summed E-state index contributed by atoms with van der Waals surface area (Å²) in [5.74, 6) is -2.75. The van der Waals surface area contributed by atoms with Gasteiger partial charge in [-0.25, -0.2) is 17.8 Å². The summed E-state index contributed by atoms with van der Waals surface area (Å²) >= 11 is 0.870. The van der Waals surface area contributed by atoms with Crippen LogP contribution in [0.25, 0.3) is 21.3 Å². The number of alkyl halides is 3. The van der Waals surface area contributed by atoms with Crippen LogP contribution in [0.4, 0.5) is 17.6 Å². The van der Waals surface area contributed by atoms with Crippen LogP contribution in [0.15, 0.2) is 46.9 Å². The number of nitrogens with zero attached hydrogens (tertiary/aromatic N) is 3. The molecule has 1 amide bonds. The Morgan fingerprint density at radius 1 is 0.880 bits per heavy atom. The van der Waals surface area contributed by atoms with Gasteiger partial charge in [0, 0.05) is 18.6 Å². The summed E-state index contributed by atoms with van der Waals surface area (Å²) in [5.41, 5.74) is 0.929. The van der Waals surface area contributed by atoms with Crippen LogP contribution in [0.3, 0.4) is 0 Å². The molecule has 0 aliphatic carbocycles. The number of hydrogen-bond acceptors (Lipinski definition) is 8. The number of aromatic nitrogens is 3. The molecule has 2 heterocycles. The van der Waals surface area contributed by atoms with E-state index >= 15 is 4.39 Å². The van der Waals surface area contributed by atoms with Crippen molar-refractivity contribution >= 4 is 37.3 Å². The van der Waals surface area contributed by atoms with E-state index in [1.54, 1.807) is 37.3 Å². The van der Waals surface area contributed by atoms with E-state index in [0.717, 1.165) is 49.5 Å². The predicted octanol–water partition coefficient (Wildman–Crippen LogP) is 9.76. The zero-order valence-corrected chi connectivity index (χ0v) is 30.3. The van der Waals surface area contributed by atoms with E-state index in [9.17, 15) is 26.4 Å². The number of amides is 1. The molecule has 4 aromatic rings. The number of halogens is 4. The van der Waals surface area contributed by atoms with E-state index in [-0.39, 0.29) is 47.3 Å². The van der Waals surface area contributed by atoms with E-state index in [4.69, 9.17) is 4.42 Å². The summed E-state index contributed by atoms with van der Waals surface area (Å²) in [5, 5.41) is 9.89. The Bertz CT molecular complexity index is 1780. The van der Waals surface area contributed by atoms with Crippen LogP contribution in [-0.2, 0) is 25.9 Å². The lowest BCUT2D eigenvalue weighted by atomic mass is 9.98. The lowest BCUT2D eigenvalue weighted by molar-refractivity contribution is -0.130. The van der Waals surface area contributed by atoms with Crippen molar-refractivity contribution in [2.45, 2.75) is 121 Å². The van der Waals surface area contributed by atoms with Crippen molar-refractivity contribution in [1.29, 1.82) is 0 Å². The second-order valence-electron chi connectivity index (χ2n) is 12.7. The van der Waals surface area contributed by atoms with Crippen LogP contribution in [-0.4, -0.2) is 41.4 Å². The first kappa shape index (κ1) is 39.4. The number of carbonyl (C=O) groups excluding carboxylic acids is 1. The SMILES string of the molecule is CCCCCCCCCCCCCCC(C(=O)NCc1nnc(C)o1)(c1nc2cc(F)c(-c3ccccc3)cc2s1)S(=O)(=O)CCC(F)(F)F. The molecule has 0 bridgehead atoms. The summed E-state index contributed by atoms with van der Waals surface area (Å²) in [6.07, 6.45) is 5.25. The van der Waals surface area contributed by atoms with Crippen LogP contribution in [0.2, 0.25) is 0 Å². The van der Waals surface area contributed by atoms with Crippen molar-refractivity contribution in [3.63, 3.8) is 0 Å². The van der Waals surface area contributed by atoms with Crippen molar-refractivity contribution in [3.8, 4) is 11.1 Å². The van der Waals surface area contributed by atoms with Gasteiger partial charge in [-0.2, -0.15) is 13.2 Å². The number of nitrogens with one attached hydrogen (secondary N) is 1. The molecular formula is C36H46F4N4O4S2. The highest BCUT2D eigenvalue weighted by Gasteiger charge is 2.54. The largest absolute Gasteiger partial charge is 0.424 e. The maximum atomic E-state index is 15.4. The number of aryl methyl sites for hydroxylation is 1. The zero-order chi connectivity index (χ0) is 36.2. The fourth-order valence-corrected chi connectivity index (χ4v) is 9.63. The minimum absolute atomic E-state index is 0.00155. The number of hydrogen-bond donors (Lipinski definition) is 1. The first-order valence-corrected chi connectivity index (χ1v) is 19.9. The molecule has 1 N–H and O–H groups in total. The Labute approximate surface area is 295 Å². The summed E-state index contributed by atoms with van der Waals surface area (Å²) in [7, 11) is -4.85. The fourth-order valence-electron chi connectivity index (χ4n) is 6.05. The molecule has 50 heavy (non-hydrogen) atoms. The van der Waals surface area contributed by atoms with Gasteiger partial charge in [-0.3, -0.25) is 4.79 Å². The number of fused-ring (bicyclic) bond motifs is 1. The molecular weight excluding hydrogens is 693 g/mol. The van der Waals surface area contributed by atoms with Crippen LogP contribution < -0.4 is 5.32 Å². The Morgan fingerprint density at radius 3 is 2.08 bits per heavy atom. The summed E-state index contributed by atoms with van der Waals surface area (Å²) in [4.78, 5) is 18.7.